The van der Waals surface area contributed by atoms with Crippen molar-refractivity contribution >= 4 is 11.8 Å². The molecule has 2 rings (SSSR count). The van der Waals surface area contributed by atoms with E-state index in [4.69, 9.17) is 0 Å². The number of hydrogen-bond donors (Lipinski definition) is 2. The summed E-state index contributed by atoms with van der Waals surface area (Å²) >= 11 is 0. The van der Waals surface area contributed by atoms with Gasteiger partial charge in [0.1, 0.15) is 0 Å². The van der Waals surface area contributed by atoms with Crippen LogP contribution in [0, 0.1) is 5.92 Å². The monoisotopic (exact) mass is 366 g/mol. The maximum absolute atomic E-state index is 12.4. The molecule has 1 aliphatic carbocycles. The Hall–Kier alpha value is -1.14. The molecule has 2 aliphatic rings. The normalized spacial score (nSPS) is 26.2. The van der Waals surface area contributed by atoms with Gasteiger partial charge in [-0.2, -0.15) is 0 Å². The third kappa shape index (κ3) is 7.62. The molecule has 1 aliphatic heterocycles. The minimum atomic E-state index is -0.191. The lowest BCUT2D eigenvalue weighted by atomic mass is 9.86. The van der Waals surface area contributed by atoms with E-state index in [0.717, 1.165) is 39.0 Å². The number of carbonyl (C=O) groups excluding carboxylic acids is 2. The van der Waals surface area contributed by atoms with Crippen LogP contribution in [0.4, 0.5) is 0 Å². The Balaban J connectivity index is 1.72. The molecule has 6 heteroatoms. The third-order valence-electron chi connectivity index (χ3n) is 5.39. The van der Waals surface area contributed by atoms with Crippen molar-refractivity contribution in [2.45, 2.75) is 71.4 Å². The smallest absolute Gasteiger partial charge is 0.234 e. The van der Waals surface area contributed by atoms with Gasteiger partial charge in [-0.15, -0.1) is 0 Å². The van der Waals surface area contributed by atoms with E-state index in [0.29, 0.717) is 25.0 Å². The van der Waals surface area contributed by atoms with Gasteiger partial charge in [0.15, 0.2) is 0 Å². The highest BCUT2D eigenvalue weighted by Crippen LogP contribution is 2.23. The standard InChI is InChI=1S/C20H38N4O2/c1-16-8-5-6-9-17(16)21-18(25)14-23-10-7-11-24(13-12-23)15-19(26)22-20(2,3)4/h16-17H,5-15H2,1-4H3,(H,21,25)(H,22,26)/t16-,17+/m0/s1. The fourth-order valence-corrected chi connectivity index (χ4v) is 3.99. The van der Waals surface area contributed by atoms with Crippen molar-refractivity contribution in [3.05, 3.63) is 0 Å². The van der Waals surface area contributed by atoms with Crippen LogP contribution in [-0.4, -0.2) is 72.5 Å². The molecular formula is C20H38N4O2. The lowest BCUT2D eigenvalue weighted by Gasteiger charge is -2.30. The summed E-state index contributed by atoms with van der Waals surface area (Å²) in [6, 6.07) is 0.348. The minimum Gasteiger partial charge on any atom is -0.352 e. The van der Waals surface area contributed by atoms with E-state index in [9.17, 15) is 9.59 Å². The van der Waals surface area contributed by atoms with Crippen molar-refractivity contribution in [3.8, 4) is 0 Å². The fraction of sp³-hybridized carbons (Fsp3) is 0.900. The van der Waals surface area contributed by atoms with Crippen molar-refractivity contribution in [2.24, 2.45) is 5.92 Å². The zero-order chi connectivity index (χ0) is 19.2. The predicted octanol–water partition coefficient (Wildman–Crippen LogP) is 1.60. The summed E-state index contributed by atoms with van der Waals surface area (Å²) in [6.07, 6.45) is 5.85. The molecule has 0 aromatic heterocycles. The van der Waals surface area contributed by atoms with E-state index in [1.807, 2.05) is 20.8 Å². The highest BCUT2D eigenvalue weighted by atomic mass is 16.2. The first kappa shape index (κ1) is 21.2. The van der Waals surface area contributed by atoms with Crippen molar-refractivity contribution in [1.82, 2.24) is 20.4 Å². The van der Waals surface area contributed by atoms with E-state index in [2.05, 4.69) is 27.4 Å². The number of nitrogens with one attached hydrogen (secondary N) is 2. The maximum atomic E-state index is 12.4. The molecule has 0 bridgehead atoms. The van der Waals surface area contributed by atoms with E-state index >= 15 is 0 Å². The average Bonchev–Trinajstić information content (AvgIpc) is 2.73. The number of hydrogen-bond acceptors (Lipinski definition) is 4. The van der Waals surface area contributed by atoms with Crippen molar-refractivity contribution < 1.29 is 9.59 Å². The second-order valence-corrected chi connectivity index (χ2v) is 9.14. The van der Waals surface area contributed by atoms with Gasteiger partial charge in [0.2, 0.25) is 11.8 Å². The minimum absolute atomic E-state index is 0.0787. The highest BCUT2D eigenvalue weighted by Gasteiger charge is 2.24. The first-order chi connectivity index (χ1) is 12.2. The van der Waals surface area contributed by atoms with Gasteiger partial charge in [0, 0.05) is 24.7 Å². The highest BCUT2D eigenvalue weighted by molar-refractivity contribution is 5.79. The van der Waals surface area contributed by atoms with Gasteiger partial charge in [-0.05, 0) is 59.0 Å². The van der Waals surface area contributed by atoms with E-state index in [1.165, 1.54) is 19.3 Å². The molecule has 0 unspecified atom stereocenters. The molecule has 1 heterocycles. The number of amides is 2. The lowest BCUT2D eigenvalue weighted by molar-refractivity contribution is -0.124. The quantitative estimate of drug-likeness (QED) is 0.776. The average molecular weight is 367 g/mol. The molecule has 150 valence electrons. The van der Waals surface area contributed by atoms with Crippen LogP contribution >= 0.6 is 0 Å². The van der Waals surface area contributed by atoms with Crippen LogP contribution in [0.1, 0.15) is 59.8 Å². The predicted molar refractivity (Wildman–Crippen MR) is 105 cm³/mol. The zero-order valence-corrected chi connectivity index (χ0v) is 17.1. The molecule has 2 fully saturated rings. The Kier molecular flexibility index (Phi) is 7.89. The van der Waals surface area contributed by atoms with E-state index in [-0.39, 0.29) is 17.4 Å². The fourth-order valence-electron chi connectivity index (χ4n) is 3.99. The SMILES string of the molecule is C[C@H]1CCCC[C@H]1NC(=O)CN1CCCN(CC(=O)NC(C)(C)C)CC1. The van der Waals surface area contributed by atoms with Gasteiger partial charge < -0.3 is 10.6 Å². The van der Waals surface area contributed by atoms with Crippen LogP contribution in [0.15, 0.2) is 0 Å². The Morgan fingerprint density at radius 3 is 2.04 bits per heavy atom. The van der Waals surface area contributed by atoms with Gasteiger partial charge in [0.25, 0.3) is 0 Å². The summed E-state index contributed by atoms with van der Waals surface area (Å²) in [5, 5.41) is 6.27. The summed E-state index contributed by atoms with van der Waals surface area (Å²) in [5.74, 6) is 0.825. The maximum Gasteiger partial charge on any atom is 0.234 e. The zero-order valence-electron chi connectivity index (χ0n) is 17.1. The van der Waals surface area contributed by atoms with Gasteiger partial charge in [-0.25, -0.2) is 0 Å². The van der Waals surface area contributed by atoms with Crippen molar-refractivity contribution in [1.29, 1.82) is 0 Å². The Bertz CT molecular complexity index is 475. The molecule has 0 radical (unpaired) electrons. The number of rotatable bonds is 5. The summed E-state index contributed by atoms with van der Waals surface area (Å²) in [7, 11) is 0. The van der Waals surface area contributed by atoms with E-state index < -0.39 is 0 Å². The molecule has 0 aromatic carbocycles. The van der Waals surface area contributed by atoms with Crippen LogP contribution in [0.2, 0.25) is 0 Å². The first-order valence-electron chi connectivity index (χ1n) is 10.3. The summed E-state index contributed by atoms with van der Waals surface area (Å²) < 4.78 is 0. The van der Waals surface area contributed by atoms with Gasteiger partial charge in [0.05, 0.1) is 13.1 Å². The molecule has 0 aromatic rings. The number of nitrogens with zero attached hydrogens (tertiary/aromatic N) is 2. The van der Waals surface area contributed by atoms with Crippen molar-refractivity contribution in [3.63, 3.8) is 0 Å². The molecule has 1 saturated heterocycles. The van der Waals surface area contributed by atoms with Gasteiger partial charge >= 0.3 is 0 Å². The first-order valence-corrected chi connectivity index (χ1v) is 10.3. The third-order valence-corrected chi connectivity index (χ3v) is 5.39. The molecule has 26 heavy (non-hydrogen) atoms. The molecular weight excluding hydrogens is 328 g/mol. The van der Waals surface area contributed by atoms with E-state index in [1.54, 1.807) is 0 Å². The van der Waals surface area contributed by atoms with Gasteiger partial charge in [-0.3, -0.25) is 19.4 Å². The Morgan fingerprint density at radius 2 is 1.46 bits per heavy atom. The summed E-state index contributed by atoms with van der Waals surface area (Å²) in [5.41, 5.74) is -0.191. The molecule has 6 nitrogen and oxygen atoms in total. The summed E-state index contributed by atoms with van der Waals surface area (Å²) in [4.78, 5) is 29.0. The molecule has 2 amide bonds. The van der Waals surface area contributed by atoms with Crippen LogP contribution in [0.3, 0.4) is 0 Å². The Labute approximate surface area is 159 Å². The summed E-state index contributed by atoms with van der Waals surface area (Å²) in [6.45, 7) is 12.7. The van der Waals surface area contributed by atoms with Crippen LogP contribution < -0.4 is 10.6 Å². The molecule has 1 saturated carbocycles. The largest absolute Gasteiger partial charge is 0.352 e. The lowest BCUT2D eigenvalue weighted by Crippen LogP contribution is -2.47. The van der Waals surface area contributed by atoms with Crippen LogP contribution in [-0.2, 0) is 9.59 Å². The second-order valence-electron chi connectivity index (χ2n) is 9.14. The molecule has 0 spiro atoms. The topological polar surface area (TPSA) is 64.7 Å². The molecule has 2 atom stereocenters. The Morgan fingerprint density at radius 1 is 0.885 bits per heavy atom. The molecule has 2 N–H and O–H groups in total. The van der Waals surface area contributed by atoms with Crippen molar-refractivity contribution in [2.75, 3.05) is 39.3 Å². The van der Waals surface area contributed by atoms with Crippen LogP contribution in [0.25, 0.3) is 0 Å². The van der Waals surface area contributed by atoms with Crippen LogP contribution in [0.5, 0.6) is 0 Å². The second kappa shape index (κ2) is 9.70. The number of carbonyl (C=O) groups is 2. The van der Waals surface area contributed by atoms with Gasteiger partial charge in [-0.1, -0.05) is 19.8 Å².